The molecule has 2 aliphatic rings. The average molecular weight is 299 g/mol. The monoisotopic (exact) mass is 299 g/mol. The zero-order chi connectivity index (χ0) is 15.3. The summed E-state index contributed by atoms with van der Waals surface area (Å²) in [6, 6.07) is 4.98. The summed E-state index contributed by atoms with van der Waals surface area (Å²) >= 11 is 0. The maximum atomic E-state index is 13.0. The minimum Gasteiger partial charge on any atom is -0.395 e. The van der Waals surface area contributed by atoms with Gasteiger partial charge in [0, 0.05) is 29.8 Å². The topological polar surface area (TPSA) is 39.7 Å². The van der Waals surface area contributed by atoms with Crippen molar-refractivity contribution < 1.29 is 23.0 Å². The first-order valence-corrected chi connectivity index (χ1v) is 7.10. The molecule has 1 fully saturated rings. The summed E-state index contributed by atoms with van der Waals surface area (Å²) in [4.78, 5) is 0. The van der Waals surface area contributed by atoms with E-state index >= 15 is 0 Å². The van der Waals surface area contributed by atoms with E-state index in [1.807, 2.05) is 6.92 Å². The Balaban J connectivity index is 1.68. The van der Waals surface area contributed by atoms with Gasteiger partial charge >= 0.3 is 6.29 Å². The normalized spacial score (nSPS) is 28.0. The first kappa shape index (κ1) is 14.4. The van der Waals surface area contributed by atoms with Crippen LogP contribution in [0.1, 0.15) is 27.2 Å². The van der Waals surface area contributed by atoms with Crippen LogP contribution in [0.25, 0.3) is 0 Å². The lowest BCUT2D eigenvalue weighted by atomic mass is 9.64. The number of benzene rings is 1. The second-order valence-electron chi connectivity index (χ2n) is 6.03. The molecule has 4 nitrogen and oxygen atoms in total. The third kappa shape index (κ3) is 2.52. The summed E-state index contributed by atoms with van der Waals surface area (Å²) in [6.45, 7) is 6.94. The summed E-state index contributed by atoms with van der Waals surface area (Å²) in [5.41, 5.74) is 0.735. The number of fused-ring (bicyclic) bond motifs is 1. The maximum absolute atomic E-state index is 13.0. The van der Waals surface area contributed by atoms with Crippen LogP contribution in [0.3, 0.4) is 0 Å². The molecular formula is C15H19F2NO3. The fourth-order valence-corrected chi connectivity index (χ4v) is 2.85. The molecule has 2 unspecified atom stereocenters. The smallest absolute Gasteiger partial charge is 0.395 e. The second-order valence-corrected chi connectivity index (χ2v) is 6.03. The molecule has 116 valence electrons. The molecule has 21 heavy (non-hydrogen) atoms. The SMILES string of the molecule is CCOC1CC(Nc2ccc3c(c2)OC(F)(F)O3)C1(C)C. The highest BCUT2D eigenvalue weighted by atomic mass is 19.3. The van der Waals surface area contributed by atoms with Crippen molar-refractivity contribution in [1.29, 1.82) is 0 Å². The minimum absolute atomic E-state index is 0.00365. The highest BCUT2D eigenvalue weighted by molar-refractivity contribution is 5.56. The Morgan fingerprint density at radius 3 is 2.67 bits per heavy atom. The van der Waals surface area contributed by atoms with Crippen molar-refractivity contribution in [3.05, 3.63) is 18.2 Å². The fraction of sp³-hybridized carbons (Fsp3) is 0.600. The number of nitrogens with one attached hydrogen (secondary N) is 1. The Morgan fingerprint density at radius 1 is 1.29 bits per heavy atom. The standard InChI is InChI=1S/C15H19F2NO3/c1-4-19-13-8-12(14(13,2)3)18-9-5-6-10-11(7-9)21-15(16,17)20-10/h5-7,12-13,18H,4,8H2,1-3H3. The predicted molar refractivity (Wildman–Crippen MR) is 73.9 cm³/mol. The molecule has 0 radical (unpaired) electrons. The van der Waals surface area contributed by atoms with Crippen LogP contribution in [-0.4, -0.2) is 25.0 Å². The highest BCUT2D eigenvalue weighted by Crippen LogP contribution is 2.46. The fourth-order valence-electron chi connectivity index (χ4n) is 2.85. The molecule has 0 spiro atoms. The van der Waals surface area contributed by atoms with Crippen LogP contribution >= 0.6 is 0 Å². The summed E-state index contributed by atoms with van der Waals surface area (Å²) in [7, 11) is 0. The maximum Gasteiger partial charge on any atom is 0.586 e. The van der Waals surface area contributed by atoms with Crippen LogP contribution in [-0.2, 0) is 4.74 Å². The molecule has 1 saturated carbocycles. The van der Waals surface area contributed by atoms with Crippen LogP contribution in [0, 0.1) is 5.41 Å². The lowest BCUT2D eigenvalue weighted by Crippen LogP contribution is -2.58. The van der Waals surface area contributed by atoms with Crippen molar-refractivity contribution in [2.24, 2.45) is 5.41 Å². The molecule has 1 heterocycles. The number of hydrogen-bond acceptors (Lipinski definition) is 4. The van der Waals surface area contributed by atoms with Gasteiger partial charge < -0.3 is 19.5 Å². The Morgan fingerprint density at radius 2 is 2.00 bits per heavy atom. The van der Waals surface area contributed by atoms with Gasteiger partial charge in [-0.1, -0.05) is 13.8 Å². The highest BCUT2D eigenvalue weighted by Gasteiger charge is 2.49. The lowest BCUT2D eigenvalue weighted by molar-refractivity contribution is -0.286. The third-order valence-corrected chi connectivity index (χ3v) is 4.29. The van der Waals surface area contributed by atoms with Crippen molar-refractivity contribution in [3.8, 4) is 11.5 Å². The number of alkyl halides is 2. The molecule has 1 aliphatic carbocycles. The van der Waals surface area contributed by atoms with E-state index < -0.39 is 6.29 Å². The van der Waals surface area contributed by atoms with E-state index in [0.717, 1.165) is 12.1 Å². The number of ether oxygens (including phenoxy) is 3. The van der Waals surface area contributed by atoms with E-state index in [9.17, 15) is 8.78 Å². The first-order chi connectivity index (χ1) is 9.82. The molecule has 2 atom stereocenters. The molecule has 0 amide bonds. The zero-order valence-corrected chi connectivity index (χ0v) is 12.3. The van der Waals surface area contributed by atoms with E-state index in [-0.39, 0.29) is 29.1 Å². The first-order valence-electron chi connectivity index (χ1n) is 7.10. The van der Waals surface area contributed by atoms with Crippen molar-refractivity contribution in [2.75, 3.05) is 11.9 Å². The molecule has 0 bridgehead atoms. The van der Waals surface area contributed by atoms with Gasteiger partial charge in [0.1, 0.15) is 0 Å². The Bertz CT molecular complexity index is 548. The van der Waals surface area contributed by atoms with Crippen molar-refractivity contribution in [2.45, 2.75) is 45.6 Å². The molecule has 1 aromatic carbocycles. The van der Waals surface area contributed by atoms with Crippen molar-refractivity contribution in [3.63, 3.8) is 0 Å². The van der Waals surface area contributed by atoms with Crippen molar-refractivity contribution in [1.82, 2.24) is 0 Å². The number of hydrogen-bond donors (Lipinski definition) is 1. The molecule has 1 aromatic rings. The van der Waals surface area contributed by atoms with E-state index in [2.05, 4.69) is 28.6 Å². The van der Waals surface area contributed by atoms with E-state index in [0.29, 0.717) is 6.61 Å². The summed E-state index contributed by atoms with van der Waals surface area (Å²) in [5, 5.41) is 3.35. The van der Waals surface area contributed by atoms with Crippen LogP contribution in [0.4, 0.5) is 14.5 Å². The molecule has 1 N–H and O–H groups in total. The van der Waals surface area contributed by atoms with Gasteiger partial charge in [-0.15, -0.1) is 8.78 Å². The zero-order valence-electron chi connectivity index (χ0n) is 12.3. The number of anilines is 1. The summed E-state index contributed by atoms with van der Waals surface area (Å²) < 4.78 is 40.5. The Hall–Kier alpha value is -1.56. The lowest BCUT2D eigenvalue weighted by Gasteiger charge is -2.52. The molecular weight excluding hydrogens is 280 g/mol. The molecule has 6 heteroatoms. The van der Waals surface area contributed by atoms with Gasteiger partial charge in [0.05, 0.1) is 6.10 Å². The Kier molecular flexibility index (Phi) is 3.24. The van der Waals surface area contributed by atoms with E-state index in [1.165, 1.54) is 6.07 Å². The average Bonchev–Trinajstić information content (AvgIpc) is 2.70. The van der Waals surface area contributed by atoms with Crippen LogP contribution in [0.5, 0.6) is 11.5 Å². The Labute approximate surface area is 122 Å². The van der Waals surface area contributed by atoms with E-state index in [4.69, 9.17) is 4.74 Å². The van der Waals surface area contributed by atoms with Gasteiger partial charge in [-0.2, -0.15) is 0 Å². The van der Waals surface area contributed by atoms with Gasteiger partial charge in [-0.3, -0.25) is 0 Å². The molecule has 1 aliphatic heterocycles. The quantitative estimate of drug-likeness (QED) is 0.921. The molecule has 3 rings (SSSR count). The molecule has 0 aromatic heterocycles. The second kappa shape index (κ2) is 4.73. The summed E-state index contributed by atoms with van der Waals surface area (Å²) in [6.07, 6.45) is -2.46. The van der Waals surface area contributed by atoms with Gasteiger partial charge in [-0.25, -0.2) is 0 Å². The van der Waals surface area contributed by atoms with Crippen molar-refractivity contribution >= 4 is 5.69 Å². The molecule has 0 saturated heterocycles. The summed E-state index contributed by atoms with van der Waals surface area (Å²) in [5.74, 6) is 0.120. The van der Waals surface area contributed by atoms with Gasteiger partial charge in [-0.05, 0) is 25.5 Å². The minimum atomic E-state index is -3.57. The van der Waals surface area contributed by atoms with Crippen LogP contribution < -0.4 is 14.8 Å². The number of rotatable bonds is 4. The predicted octanol–water partition coefficient (Wildman–Crippen LogP) is 3.62. The van der Waals surface area contributed by atoms with Gasteiger partial charge in [0.2, 0.25) is 0 Å². The van der Waals surface area contributed by atoms with Gasteiger partial charge in [0.25, 0.3) is 0 Å². The van der Waals surface area contributed by atoms with Crippen LogP contribution in [0.15, 0.2) is 18.2 Å². The van der Waals surface area contributed by atoms with E-state index in [1.54, 1.807) is 12.1 Å². The van der Waals surface area contributed by atoms with Crippen LogP contribution in [0.2, 0.25) is 0 Å². The largest absolute Gasteiger partial charge is 0.586 e. The number of halogens is 2. The third-order valence-electron chi connectivity index (χ3n) is 4.29. The van der Waals surface area contributed by atoms with Gasteiger partial charge in [0.15, 0.2) is 11.5 Å².